The summed E-state index contributed by atoms with van der Waals surface area (Å²) in [5.74, 6) is 1.13. The standard InChI is InChI=1S/C14H21BrO2/c1-4-11(2)14(3,16)9-10-17-13-7-5-12(15)6-8-13/h5-8,11,16H,4,9-10H2,1-3H3. The molecule has 2 atom stereocenters. The Hall–Kier alpha value is -0.540. The first kappa shape index (κ1) is 14.5. The van der Waals surface area contributed by atoms with Crippen molar-refractivity contribution in [2.45, 2.75) is 39.2 Å². The molecule has 3 heteroatoms. The maximum absolute atomic E-state index is 10.2. The van der Waals surface area contributed by atoms with Gasteiger partial charge in [-0.3, -0.25) is 0 Å². The average molecular weight is 301 g/mol. The highest BCUT2D eigenvalue weighted by Crippen LogP contribution is 2.24. The second kappa shape index (κ2) is 6.41. The minimum atomic E-state index is -0.649. The number of halogens is 1. The van der Waals surface area contributed by atoms with Gasteiger partial charge in [-0.2, -0.15) is 0 Å². The van der Waals surface area contributed by atoms with Crippen molar-refractivity contribution in [2.24, 2.45) is 5.92 Å². The third-order valence-electron chi connectivity index (χ3n) is 3.36. The number of hydrogen-bond acceptors (Lipinski definition) is 2. The second-order valence-corrected chi connectivity index (χ2v) is 5.63. The maximum Gasteiger partial charge on any atom is 0.119 e. The van der Waals surface area contributed by atoms with Gasteiger partial charge in [0.15, 0.2) is 0 Å². The molecule has 0 saturated heterocycles. The van der Waals surface area contributed by atoms with E-state index in [1.807, 2.05) is 31.2 Å². The Morgan fingerprint density at radius 3 is 2.47 bits per heavy atom. The van der Waals surface area contributed by atoms with E-state index in [1.165, 1.54) is 0 Å². The lowest BCUT2D eigenvalue weighted by molar-refractivity contribution is -0.0131. The van der Waals surface area contributed by atoms with Gasteiger partial charge < -0.3 is 9.84 Å². The highest BCUT2D eigenvalue weighted by Gasteiger charge is 2.26. The largest absolute Gasteiger partial charge is 0.493 e. The molecule has 2 nitrogen and oxygen atoms in total. The molecule has 0 fully saturated rings. The van der Waals surface area contributed by atoms with E-state index in [-0.39, 0.29) is 5.92 Å². The lowest BCUT2D eigenvalue weighted by atomic mass is 9.86. The minimum absolute atomic E-state index is 0.288. The summed E-state index contributed by atoms with van der Waals surface area (Å²) >= 11 is 3.38. The van der Waals surface area contributed by atoms with Crippen molar-refractivity contribution in [1.29, 1.82) is 0 Å². The number of ether oxygens (including phenoxy) is 1. The fourth-order valence-corrected chi connectivity index (χ4v) is 1.86. The predicted octanol–water partition coefficient (Wildman–Crippen LogP) is 4.02. The van der Waals surface area contributed by atoms with Crippen molar-refractivity contribution < 1.29 is 9.84 Å². The Kier molecular flexibility index (Phi) is 5.47. The zero-order valence-corrected chi connectivity index (χ0v) is 12.3. The SMILES string of the molecule is CCC(C)C(C)(O)CCOc1ccc(Br)cc1. The van der Waals surface area contributed by atoms with Gasteiger partial charge in [0.1, 0.15) is 5.75 Å². The van der Waals surface area contributed by atoms with Crippen LogP contribution in [0.25, 0.3) is 0 Å². The van der Waals surface area contributed by atoms with Crippen molar-refractivity contribution in [3.63, 3.8) is 0 Å². The van der Waals surface area contributed by atoms with Crippen LogP contribution in [0.1, 0.15) is 33.6 Å². The van der Waals surface area contributed by atoms with Crippen LogP contribution < -0.4 is 4.74 Å². The summed E-state index contributed by atoms with van der Waals surface area (Å²) in [6.07, 6.45) is 1.63. The molecule has 96 valence electrons. The van der Waals surface area contributed by atoms with Crippen LogP contribution in [0.4, 0.5) is 0 Å². The van der Waals surface area contributed by atoms with Gasteiger partial charge in [-0.15, -0.1) is 0 Å². The quantitative estimate of drug-likeness (QED) is 0.860. The molecule has 0 radical (unpaired) electrons. The maximum atomic E-state index is 10.2. The van der Waals surface area contributed by atoms with E-state index in [4.69, 9.17) is 4.74 Å². The zero-order chi connectivity index (χ0) is 12.9. The lowest BCUT2D eigenvalue weighted by Crippen LogP contribution is -2.34. The van der Waals surface area contributed by atoms with E-state index in [9.17, 15) is 5.11 Å². The Morgan fingerprint density at radius 2 is 1.94 bits per heavy atom. The molecule has 1 aromatic rings. The summed E-state index contributed by atoms with van der Waals surface area (Å²) in [4.78, 5) is 0. The van der Waals surface area contributed by atoms with Crippen LogP contribution in [0.3, 0.4) is 0 Å². The van der Waals surface area contributed by atoms with Crippen LogP contribution in [0, 0.1) is 5.92 Å². The Labute approximate surface area is 112 Å². The third-order valence-corrected chi connectivity index (χ3v) is 3.89. The first-order chi connectivity index (χ1) is 7.95. The molecule has 0 saturated carbocycles. The van der Waals surface area contributed by atoms with Crippen LogP contribution in [-0.4, -0.2) is 17.3 Å². The Morgan fingerprint density at radius 1 is 1.35 bits per heavy atom. The molecular weight excluding hydrogens is 280 g/mol. The molecule has 0 amide bonds. The van der Waals surface area contributed by atoms with Crippen LogP contribution in [-0.2, 0) is 0 Å². The zero-order valence-electron chi connectivity index (χ0n) is 10.7. The lowest BCUT2D eigenvalue weighted by Gasteiger charge is -2.29. The van der Waals surface area contributed by atoms with Gasteiger partial charge in [-0.25, -0.2) is 0 Å². The van der Waals surface area contributed by atoms with E-state index in [2.05, 4.69) is 29.8 Å². The van der Waals surface area contributed by atoms with Gasteiger partial charge in [0.05, 0.1) is 12.2 Å². The molecule has 1 rings (SSSR count). The van der Waals surface area contributed by atoms with Gasteiger partial charge in [-0.1, -0.05) is 36.2 Å². The molecule has 0 aliphatic carbocycles. The smallest absolute Gasteiger partial charge is 0.119 e. The number of hydrogen-bond donors (Lipinski definition) is 1. The van der Waals surface area contributed by atoms with Crippen molar-refractivity contribution in [3.05, 3.63) is 28.7 Å². The van der Waals surface area contributed by atoms with E-state index in [1.54, 1.807) is 0 Å². The number of rotatable bonds is 6. The molecule has 0 aliphatic rings. The van der Waals surface area contributed by atoms with Crippen molar-refractivity contribution >= 4 is 15.9 Å². The molecule has 1 aromatic carbocycles. The van der Waals surface area contributed by atoms with Crippen LogP contribution >= 0.6 is 15.9 Å². The molecule has 1 N–H and O–H groups in total. The van der Waals surface area contributed by atoms with Gasteiger partial charge in [0.25, 0.3) is 0 Å². The topological polar surface area (TPSA) is 29.5 Å². The van der Waals surface area contributed by atoms with E-state index in [0.29, 0.717) is 13.0 Å². The van der Waals surface area contributed by atoms with Crippen LogP contribution in [0.5, 0.6) is 5.75 Å². The van der Waals surface area contributed by atoms with E-state index >= 15 is 0 Å². The Balaban J connectivity index is 2.39. The normalized spacial score (nSPS) is 16.3. The summed E-state index contributed by atoms with van der Waals surface area (Å²) < 4.78 is 6.65. The van der Waals surface area contributed by atoms with Gasteiger partial charge in [0, 0.05) is 10.9 Å². The number of benzene rings is 1. The van der Waals surface area contributed by atoms with Crippen LogP contribution in [0.2, 0.25) is 0 Å². The fraction of sp³-hybridized carbons (Fsp3) is 0.571. The molecule has 0 spiro atoms. The highest BCUT2D eigenvalue weighted by molar-refractivity contribution is 9.10. The predicted molar refractivity (Wildman–Crippen MR) is 74.3 cm³/mol. The van der Waals surface area contributed by atoms with Crippen LogP contribution in [0.15, 0.2) is 28.7 Å². The molecule has 17 heavy (non-hydrogen) atoms. The van der Waals surface area contributed by atoms with Gasteiger partial charge in [0.2, 0.25) is 0 Å². The summed E-state index contributed by atoms with van der Waals surface area (Å²) in [5, 5.41) is 10.2. The molecule has 2 unspecified atom stereocenters. The molecule has 0 aromatic heterocycles. The molecule has 0 bridgehead atoms. The summed E-state index contributed by atoms with van der Waals surface area (Å²) in [6.45, 7) is 6.58. The van der Waals surface area contributed by atoms with Crippen molar-refractivity contribution in [2.75, 3.05) is 6.61 Å². The van der Waals surface area contributed by atoms with Crippen molar-refractivity contribution in [1.82, 2.24) is 0 Å². The third kappa shape index (κ3) is 4.68. The minimum Gasteiger partial charge on any atom is -0.493 e. The Bertz CT molecular complexity index is 333. The van der Waals surface area contributed by atoms with Crippen molar-refractivity contribution in [3.8, 4) is 5.75 Å². The first-order valence-electron chi connectivity index (χ1n) is 6.06. The summed E-state index contributed by atoms with van der Waals surface area (Å²) in [7, 11) is 0. The summed E-state index contributed by atoms with van der Waals surface area (Å²) in [6, 6.07) is 7.73. The molecular formula is C14H21BrO2. The first-order valence-corrected chi connectivity index (χ1v) is 6.85. The monoisotopic (exact) mass is 300 g/mol. The fourth-order valence-electron chi connectivity index (χ4n) is 1.59. The van der Waals surface area contributed by atoms with Gasteiger partial charge >= 0.3 is 0 Å². The van der Waals surface area contributed by atoms with E-state index < -0.39 is 5.60 Å². The number of aliphatic hydroxyl groups is 1. The molecule has 0 aliphatic heterocycles. The second-order valence-electron chi connectivity index (χ2n) is 4.72. The van der Waals surface area contributed by atoms with E-state index in [0.717, 1.165) is 16.6 Å². The highest BCUT2D eigenvalue weighted by atomic mass is 79.9. The average Bonchev–Trinajstić information content (AvgIpc) is 2.30. The summed E-state index contributed by atoms with van der Waals surface area (Å²) in [5.41, 5.74) is -0.649. The van der Waals surface area contributed by atoms with Gasteiger partial charge in [-0.05, 0) is 37.1 Å². The molecule has 0 heterocycles.